The zero-order valence-corrected chi connectivity index (χ0v) is 11.4. The molecule has 0 aromatic carbocycles. The number of halogens is 1. The second kappa shape index (κ2) is 6.71. The van der Waals surface area contributed by atoms with Crippen molar-refractivity contribution < 1.29 is 8.42 Å². The Morgan fingerprint density at radius 2 is 1.87 bits per heavy atom. The summed E-state index contributed by atoms with van der Waals surface area (Å²) in [6, 6.07) is 0. The molecule has 0 aliphatic carbocycles. The zero-order chi connectivity index (χ0) is 11.9. The van der Waals surface area contributed by atoms with Crippen LogP contribution in [0.1, 0.15) is 46.5 Å². The summed E-state index contributed by atoms with van der Waals surface area (Å²) in [5.41, 5.74) is 0.00823. The molecule has 0 aliphatic heterocycles. The van der Waals surface area contributed by atoms with E-state index in [0.717, 1.165) is 12.8 Å². The molecule has 0 rings (SSSR count). The molecule has 0 atom stereocenters. The van der Waals surface area contributed by atoms with E-state index in [1.165, 1.54) is 12.8 Å². The van der Waals surface area contributed by atoms with Crippen LogP contribution in [0.4, 0.5) is 0 Å². The van der Waals surface area contributed by atoms with Gasteiger partial charge in [0.2, 0.25) is 10.0 Å². The molecule has 0 aromatic heterocycles. The van der Waals surface area contributed by atoms with Crippen LogP contribution in [-0.4, -0.2) is 20.2 Å². The first-order valence-electron chi connectivity index (χ1n) is 5.36. The van der Waals surface area contributed by atoms with Gasteiger partial charge in [-0.2, -0.15) is 0 Å². The van der Waals surface area contributed by atoms with Gasteiger partial charge in [0.15, 0.2) is 0 Å². The molecule has 92 valence electrons. The minimum absolute atomic E-state index is 0.00823. The van der Waals surface area contributed by atoms with E-state index in [-0.39, 0.29) is 10.6 Å². The summed E-state index contributed by atoms with van der Waals surface area (Å²) in [7, 11) is -3.27. The molecule has 0 amide bonds. The van der Waals surface area contributed by atoms with Crippen LogP contribution in [0.5, 0.6) is 0 Å². The highest BCUT2D eigenvalue weighted by atomic mass is 35.5. The van der Waals surface area contributed by atoms with Gasteiger partial charge in [0.25, 0.3) is 0 Å². The molecule has 0 saturated heterocycles. The van der Waals surface area contributed by atoms with Gasteiger partial charge in [-0.3, -0.25) is 0 Å². The number of alkyl halides is 1. The van der Waals surface area contributed by atoms with Gasteiger partial charge < -0.3 is 0 Å². The van der Waals surface area contributed by atoms with Gasteiger partial charge in [-0.15, -0.1) is 11.6 Å². The monoisotopic (exact) mass is 255 g/mol. The van der Waals surface area contributed by atoms with Gasteiger partial charge in [0.05, 0.1) is 0 Å². The number of sulfonamides is 1. The van der Waals surface area contributed by atoms with E-state index in [4.69, 9.17) is 11.6 Å². The zero-order valence-electron chi connectivity index (χ0n) is 9.85. The summed E-state index contributed by atoms with van der Waals surface area (Å²) in [5, 5.41) is -0.363. The van der Waals surface area contributed by atoms with Crippen molar-refractivity contribution in [2.75, 3.05) is 11.8 Å². The maximum Gasteiger partial charge on any atom is 0.225 e. The fraction of sp³-hybridized carbons (Fsp3) is 1.00. The van der Waals surface area contributed by atoms with E-state index in [0.29, 0.717) is 6.54 Å². The van der Waals surface area contributed by atoms with E-state index in [9.17, 15) is 8.42 Å². The van der Waals surface area contributed by atoms with Crippen LogP contribution in [0.25, 0.3) is 0 Å². The lowest BCUT2D eigenvalue weighted by Crippen LogP contribution is -2.34. The minimum atomic E-state index is -3.27. The smallest absolute Gasteiger partial charge is 0.214 e. The fourth-order valence-corrected chi connectivity index (χ4v) is 2.21. The Kier molecular flexibility index (Phi) is 6.80. The van der Waals surface area contributed by atoms with Crippen LogP contribution in [-0.2, 0) is 10.0 Å². The molecule has 0 spiro atoms. The summed E-state index contributed by atoms with van der Waals surface area (Å²) in [5.74, 6) is 0. The maximum atomic E-state index is 11.1. The van der Waals surface area contributed by atoms with Gasteiger partial charge in [-0.25, -0.2) is 13.1 Å². The van der Waals surface area contributed by atoms with Crippen molar-refractivity contribution in [1.29, 1.82) is 0 Å². The molecule has 15 heavy (non-hydrogen) atoms. The van der Waals surface area contributed by atoms with Crippen LogP contribution in [0.3, 0.4) is 0 Å². The number of rotatable bonds is 8. The highest BCUT2D eigenvalue weighted by Gasteiger charge is 2.20. The third-order valence-electron chi connectivity index (χ3n) is 2.37. The van der Waals surface area contributed by atoms with Crippen LogP contribution in [0, 0.1) is 5.41 Å². The molecule has 0 fully saturated rings. The Balaban J connectivity index is 3.93. The maximum absolute atomic E-state index is 11.1. The largest absolute Gasteiger partial charge is 0.225 e. The van der Waals surface area contributed by atoms with Crippen LogP contribution < -0.4 is 4.72 Å². The standard InChI is InChI=1S/C10H22ClNO2S/c1-4-5-6-7-10(2,3)8-12-15(13,14)9-11/h12H,4-9H2,1-3H3. The SMILES string of the molecule is CCCCCC(C)(C)CNS(=O)(=O)CCl. The van der Waals surface area contributed by atoms with Gasteiger partial charge in [-0.1, -0.05) is 40.0 Å². The Morgan fingerprint density at radius 1 is 1.27 bits per heavy atom. The Hall–Kier alpha value is 0.200. The molecule has 5 heteroatoms. The number of hydrogen-bond donors (Lipinski definition) is 1. The van der Waals surface area contributed by atoms with Crippen LogP contribution in [0.2, 0.25) is 0 Å². The molecule has 0 saturated carbocycles. The fourth-order valence-electron chi connectivity index (χ4n) is 1.29. The number of hydrogen-bond acceptors (Lipinski definition) is 2. The quantitative estimate of drug-likeness (QED) is 0.536. The lowest BCUT2D eigenvalue weighted by atomic mass is 9.87. The summed E-state index contributed by atoms with van der Waals surface area (Å²) in [4.78, 5) is 0. The van der Waals surface area contributed by atoms with Crippen LogP contribution in [0.15, 0.2) is 0 Å². The van der Waals surface area contributed by atoms with Gasteiger partial charge >= 0.3 is 0 Å². The molecular formula is C10H22ClNO2S. The highest BCUT2D eigenvalue weighted by molar-refractivity contribution is 7.90. The predicted octanol–water partition coefficient (Wildman–Crippen LogP) is 2.71. The topological polar surface area (TPSA) is 46.2 Å². The highest BCUT2D eigenvalue weighted by Crippen LogP contribution is 2.22. The molecule has 1 N–H and O–H groups in total. The molecule has 0 aliphatic rings. The summed E-state index contributed by atoms with van der Waals surface area (Å²) >= 11 is 5.30. The molecular weight excluding hydrogens is 234 g/mol. The molecule has 0 unspecified atom stereocenters. The average Bonchev–Trinajstić information content (AvgIpc) is 2.16. The van der Waals surface area contributed by atoms with E-state index >= 15 is 0 Å². The Labute approximate surface area is 98.6 Å². The third kappa shape index (κ3) is 8.05. The molecule has 3 nitrogen and oxygen atoms in total. The van der Waals surface area contributed by atoms with Crippen molar-refractivity contribution in [2.45, 2.75) is 46.5 Å². The summed E-state index contributed by atoms with van der Waals surface area (Å²) < 4.78 is 24.8. The van der Waals surface area contributed by atoms with E-state index in [1.807, 2.05) is 0 Å². The molecule has 0 heterocycles. The second-order valence-electron chi connectivity index (χ2n) is 4.67. The van der Waals surface area contributed by atoms with Crippen LogP contribution >= 0.6 is 11.6 Å². The first-order chi connectivity index (χ1) is 6.83. The molecule has 0 aromatic rings. The second-order valence-corrected chi connectivity index (χ2v) is 7.06. The first-order valence-corrected chi connectivity index (χ1v) is 7.55. The van der Waals surface area contributed by atoms with Gasteiger partial charge in [0, 0.05) is 6.54 Å². The normalized spacial score (nSPS) is 13.1. The lowest BCUT2D eigenvalue weighted by molar-refractivity contribution is 0.321. The number of nitrogens with one attached hydrogen (secondary N) is 1. The molecule has 0 radical (unpaired) electrons. The van der Waals surface area contributed by atoms with Crippen molar-refractivity contribution in [3.63, 3.8) is 0 Å². The molecule has 0 bridgehead atoms. The predicted molar refractivity (Wildman–Crippen MR) is 65.6 cm³/mol. The van der Waals surface area contributed by atoms with Crippen molar-refractivity contribution in [3.05, 3.63) is 0 Å². The van der Waals surface area contributed by atoms with Crippen molar-refractivity contribution >= 4 is 21.6 Å². The lowest BCUT2D eigenvalue weighted by Gasteiger charge is -2.24. The summed E-state index contributed by atoms with van der Waals surface area (Å²) in [6.45, 7) is 6.76. The van der Waals surface area contributed by atoms with E-state index < -0.39 is 10.0 Å². The third-order valence-corrected chi connectivity index (χ3v) is 4.10. The average molecular weight is 256 g/mol. The van der Waals surface area contributed by atoms with Gasteiger partial charge in [-0.05, 0) is 11.8 Å². The van der Waals surface area contributed by atoms with E-state index in [1.54, 1.807) is 0 Å². The van der Waals surface area contributed by atoms with Crippen molar-refractivity contribution in [3.8, 4) is 0 Å². The van der Waals surface area contributed by atoms with E-state index in [2.05, 4.69) is 25.5 Å². The van der Waals surface area contributed by atoms with Crippen molar-refractivity contribution in [1.82, 2.24) is 4.72 Å². The summed E-state index contributed by atoms with van der Waals surface area (Å²) in [6.07, 6.45) is 4.56. The Bertz CT molecular complexity index is 263. The Morgan fingerprint density at radius 3 is 2.33 bits per heavy atom. The number of unbranched alkanes of at least 4 members (excludes halogenated alkanes) is 2. The minimum Gasteiger partial charge on any atom is -0.214 e. The van der Waals surface area contributed by atoms with Crippen molar-refractivity contribution in [2.24, 2.45) is 5.41 Å². The van der Waals surface area contributed by atoms with Gasteiger partial charge in [0.1, 0.15) is 5.21 Å². The first kappa shape index (κ1) is 15.2.